The zero-order valence-corrected chi connectivity index (χ0v) is 12.5. The summed E-state index contributed by atoms with van der Waals surface area (Å²) >= 11 is 0. The van der Waals surface area contributed by atoms with Crippen molar-refractivity contribution in [2.24, 2.45) is 11.3 Å². The molecule has 1 aromatic carbocycles. The van der Waals surface area contributed by atoms with E-state index in [-0.39, 0.29) is 17.3 Å². The Morgan fingerprint density at radius 3 is 2.26 bits per heavy atom. The monoisotopic (exact) mass is 263 g/mol. The van der Waals surface area contributed by atoms with Gasteiger partial charge in [0.25, 0.3) is 0 Å². The largest absolute Gasteiger partial charge is 0.307 e. The highest BCUT2D eigenvalue weighted by molar-refractivity contribution is 5.22. The molecule has 1 aliphatic rings. The summed E-state index contributed by atoms with van der Waals surface area (Å²) in [5.41, 5.74) is 1.32. The molecule has 2 heteroatoms. The Morgan fingerprint density at radius 1 is 1.16 bits per heavy atom. The third kappa shape index (κ3) is 3.79. The summed E-state index contributed by atoms with van der Waals surface area (Å²) < 4.78 is 13.1. The van der Waals surface area contributed by atoms with Gasteiger partial charge in [0.15, 0.2) is 0 Å². The molecule has 1 nitrogen and oxygen atoms in total. The Balaban J connectivity index is 2.14. The van der Waals surface area contributed by atoms with E-state index < -0.39 is 0 Å². The van der Waals surface area contributed by atoms with E-state index in [1.54, 1.807) is 12.1 Å². The zero-order chi connectivity index (χ0) is 14.0. The summed E-state index contributed by atoms with van der Waals surface area (Å²) in [6.07, 6.45) is 3.83. The summed E-state index contributed by atoms with van der Waals surface area (Å²) in [7, 11) is 0. The van der Waals surface area contributed by atoms with Crippen molar-refractivity contribution in [3.63, 3.8) is 0 Å². The first kappa shape index (κ1) is 14.5. The van der Waals surface area contributed by atoms with Gasteiger partial charge in [-0.1, -0.05) is 39.8 Å². The number of nitrogens with one attached hydrogen (secondary N) is 1. The molecule has 0 aromatic heterocycles. The molecule has 0 amide bonds. The lowest BCUT2D eigenvalue weighted by Crippen LogP contribution is -2.38. The molecule has 0 aliphatic heterocycles. The van der Waals surface area contributed by atoms with E-state index in [4.69, 9.17) is 0 Å². The van der Waals surface area contributed by atoms with E-state index in [9.17, 15) is 4.39 Å². The lowest BCUT2D eigenvalue weighted by molar-refractivity contribution is 0.247. The normalized spacial score (nSPS) is 25.5. The fourth-order valence-electron chi connectivity index (χ4n) is 3.10. The number of halogens is 1. The van der Waals surface area contributed by atoms with E-state index in [1.165, 1.54) is 24.8 Å². The maximum atomic E-state index is 13.1. The topological polar surface area (TPSA) is 12.0 Å². The van der Waals surface area contributed by atoms with Crippen LogP contribution in [0.1, 0.15) is 58.6 Å². The summed E-state index contributed by atoms with van der Waals surface area (Å²) in [5.74, 6) is 0.664. The second-order valence-electron chi connectivity index (χ2n) is 7.13. The van der Waals surface area contributed by atoms with Gasteiger partial charge in [-0.15, -0.1) is 0 Å². The first-order valence-corrected chi connectivity index (χ1v) is 7.38. The molecule has 1 aliphatic carbocycles. The summed E-state index contributed by atoms with van der Waals surface area (Å²) in [5, 5.41) is 3.80. The van der Waals surface area contributed by atoms with E-state index >= 15 is 0 Å². The van der Waals surface area contributed by atoms with Crippen molar-refractivity contribution in [3.05, 3.63) is 35.6 Å². The first-order valence-electron chi connectivity index (χ1n) is 7.38. The van der Waals surface area contributed by atoms with Gasteiger partial charge >= 0.3 is 0 Å². The highest BCUT2D eigenvalue weighted by Gasteiger charge is 2.30. The molecule has 1 fully saturated rings. The molecule has 1 aromatic rings. The van der Waals surface area contributed by atoms with Crippen molar-refractivity contribution in [1.82, 2.24) is 5.32 Å². The Hall–Kier alpha value is -0.890. The number of rotatable bonds is 3. The van der Waals surface area contributed by atoms with Crippen molar-refractivity contribution in [2.45, 2.75) is 59.0 Å². The van der Waals surface area contributed by atoms with Crippen LogP contribution in [0.4, 0.5) is 4.39 Å². The second kappa shape index (κ2) is 5.62. The maximum Gasteiger partial charge on any atom is 0.123 e. The molecule has 106 valence electrons. The molecule has 0 heterocycles. The molecule has 2 rings (SSSR count). The number of hydrogen-bond acceptors (Lipinski definition) is 1. The average molecular weight is 263 g/mol. The van der Waals surface area contributed by atoms with Crippen LogP contribution in [0.25, 0.3) is 0 Å². The molecule has 0 bridgehead atoms. The van der Waals surface area contributed by atoms with Crippen LogP contribution in [0.2, 0.25) is 0 Å². The van der Waals surface area contributed by atoms with Crippen LogP contribution in [0.15, 0.2) is 24.3 Å². The minimum Gasteiger partial charge on any atom is -0.307 e. The smallest absolute Gasteiger partial charge is 0.123 e. The van der Waals surface area contributed by atoms with Crippen molar-refractivity contribution in [3.8, 4) is 0 Å². The summed E-state index contributed by atoms with van der Waals surface area (Å²) in [6, 6.07) is 7.83. The minimum atomic E-state index is -0.161. The molecular weight excluding hydrogens is 237 g/mol. The van der Waals surface area contributed by atoms with Gasteiger partial charge in [0.05, 0.1) is 0 Å². The Morgan fingerprint density at radius 2 is 1.79 bits per heavy atom. The quantitative estimate of drug-likeness (QED) is 0.834. The SMILES string of the molecule is CC1CCC(NC(c2ccc(F)cc2)C(C)(C)C)C1. The molecule has 19 heavy (non-hydrogen) atoms. The highest BCUT2D eigenvalue weighted by atomic mass is 19.1. The molecule has 1 saturated carbocycles. The van der Waals surface area contributed by atoms with Gasteiger partial charge in [-0.2, -0.15) is 0 Å². The maximum absolute atomic E-state index is 13.1. The lowest BCUT2D eigenvalue weighted by Gasteiger charge is -2.34. The number of benzene rings is 1. The van der Waals surface area contributed by atoms with Gasteiger partial charge in [0, 0.05) is 12.1 Å². The average Bonchev–Trinajstić information content (AvgIpc) is 2.72. The van der Waals surface area contributed by atoms with Crippen LogP contribution >= 0.6 is 0 Å². The van der Waals surface area contributed by atoms with Crippen LogP contribution in [0.5, 0.6) is 0 Å². The fraction of sp³-hybridized carbons (Fsp3) is 0.647. The van der Waals surface area contributed by atoms with Gasteiger partial charge in [0.1, 0.15) is 5.82 Å². The number of hydrogen-bond donors (Lipinski definition) is 1. The van der Waals surface area contributed by atoms with E-state index in [2.05, 4.69) is 33.0 Å². The Labute approximate surface area is 116 Å². The molecule has 0 saturated heterocycles. The predicted molar refractivity (Wildman–Crippen MR) is 78.5 cm³/mol. The first-order chi connectivity index (χ1) is 8.86. The summed E-state index contributed by atoms with van der Waals surface area (Å²) in [6.45, 7) is 9.05. The van der Waals surface area contributed by atoms with Crippen LogP contribution in [-0.4, -0.2) is 6.04 Å². The van der Waals surface area contributed by atoms with Crippen LogP contribution in [0, 0.1) is 17.2 Å². The van der Waals surface area contributed by atoms with Crippen molar-refractivity contribution in [1.29, 1.82) is 0 Å². The molecule has 1 N–H and O–H groups in total. The van der Waals surface area contributed by atoms with Crippen molar-refractivity contribution in [2.75, 3.05) is 0 Å². The molecular formula is C17H26FN. The third-order valence-electron chi connectivity index (χ3n) is 4.17. The van der Waals surface area contributed by atoms with Crippen molar-refractivity contribution >= 4 is 0 Å². The highest BCUT2D eigenvalue weighted by Crippen LogP contribution is 2.35. The molecule has 3 unspecified atom stereocenters. The minimum absolute atomic E-state index is 0.129. The Kier molecular flexibility index (Phi) is 4.29. The predicted octanol–water partition coefficient (Wildman–Crippen LogP) is 4.69. The zero-order valence-electron chi connectivity index (χ0n) is 12.5. The van der Waals surface area contributed by atoms with Gasteiger partial charge in [-0.25, -0.2) is 4.39 Å². The Bertz CT molecular complexity index is 404. The third-order valence-corrected chi connectivity index (χ3v) is 4.17. The van der Waals surface area contributed by atoms with Gasteiger partial charge in [-0.05, 0) is 48.3 Å². The van der Waals surface area contributed by atoms with E-state index in [0.717, 1.165) is 5.92 Å². The molecule has 0 radical (unpaired) electrons. The van der Waals surface area contributed by atoms with Gasteiger partial charge < -0.3 is 5.32 Å². The summed E-state index contributed by atoms with van der Waals surface area (Å²) in [4.78, 5) is 0. The van der Waals surface area contributed by atoms with E-state index in [1.807, 2.05) is 12.1 Å². The van der Waals surface area contributed by atoms with Gasteiger partial charge in [-0.3, -0.25) is 0 Å². The van der Waals surface area contributed by atoms with Crippen LogP contribution in [-0.2, 0) is 0 Å². The van der Waals surface area contributed by atoms with Crippen LogP contribution in [0.3, 0.4) is 0 Å². The lowest BCUT2D eigenvalue weighted by atomic mass is 9.82. The second-order valence-corrected chi connectivity index (χ2v) is 7.13. The molecule has 0 spiro atoms. The fourth-order valence-corrected chi connectivity index (χ4v) is 3.10. The van der Waals surface area contributed by atoms with Crippen LogP contribution < -0.4 is 5.32 Å². The van der Waals surface area contributed by atoms with Gasteiger partial charge in [0.2, 0.25) is 0 Å². The standard InChI is InChI=1S/C17H26FN/c1-12-5-10-15(11-12)19-16(17(2,3)4)13-6-8-14(18)9-7-13/h6-9,12,15-16,19H,5,10-11H2,1-4H3. The van der Waals surface area contributed by atoms with Crippen molar-refractivity contribution < 1.29 is 4.39 Å². The van der Waals surface area contributed by atoms with E-state index in [0.29, 0.717) is 6.04 Å². The molecule has 3 atom stereocenters.